The molecular formula is C18H22N4O3. The molecule has 7 heteroatoms. The SMILES string of the molecule is CO[C@@H]1C[C@@H](Cn2ccc(N)n2)N(C(=O)c2ccc3c(c2)COC3)C1. The van der Waals surface area contributed by atoms with Crippen molar-refractivity contribution in [2.45, 2.75) is 38.3 Å². The number of methoxy groups -OCH3 is 1. The number of aromatic nitrogens is 2. The molecule has 1 aromatic carbocycles. The van der Waals surface area contributed by atoms with Crippen molar-refractivity contribution < 1.29 is 14.3 Å². The summed E-state index contributed by atoms with van der Waals surface area (Å²) in [6.07, 6.45) is 2.67. The largest absolute Gasteiger partial charge is 0.382 e. The van der Waals surface area contributed by atoms with Crippen LogP contribution in [-0.4, -0.2) is 46.4 Å². The first-order valence-electron chi connectivity index (χ1n) is 8.46. The number of benzene rings is 1. The van der Waals surface area contributed by atoms with Crippen molar-refractivity contribution in [3.05, 3.63) is 47.2 Å². The van der Waals surface area contributed by atoms with Gasteiger partial charge in [0.05, 0.1) is 31.9 Å². The van der Waals surface area contributed by atoms with Crippen molar-refractivity contribution in [3.63, 3.8) is 0 Å². The van der Waals surface area contributed by atoms with Gasteiger partial charge >= 0.3 is 0 Å². The van der Waals surface area contributed by atoms with E-state index >= 15 is 0 Å². The quantitative estimate of drug-likeness (QED) is 0.909. The molecule has 4 rings (SSSR count). The van der Waals surface area contributed by atoms with Gasteiger partial charge in [-0.15, -0.1) is 0 Å². The van der Waals surface area contributed by atoms with Gasteiger partial charge in [-0.3, -0.25) is 9.48 Å². The summed E-state index contributed by atoms with van der Waals surface area (Å²) in [7, 11) is 1.69. The summed E-state index contributed by atoms with van der Waals surface area (Å²) in [4.78, 5) is 15.0. The molecule has 2 aromatic rings. The molecule has 2 aliphatic heterocycles. The molecule has 132 valence electrons. The maximum atomic E-state index is 13.1. The summed E-state index contributed by atoms with van der Waals surface area (Å²) >= 11 is 0. The number of ether oxygens (including phenoxy) is 2. The highest BCUT2D eigenvalue weighted by molar-refractivity contribution is 5.95. The standard InChI is InChI=1S/C18H22N4O3/c1-24-16-7-15(8-21-5-4-17(19)20-21)22(9-16)18(23)12-2-3-13-10-25-11-14(13)6-12/h2-6,15-16H,7-11H2,1H3,(H2,19,20)/t15-,16+/m0/s1. The number of hydrogen-bond donors (Lipinski definition) is 1. The maximum absolute atomic E-state index is 13.1. The number of anilines is 1. The van der Waals surface area contributed by atoms with Gasteiger partial charge in [0, 0.05) is 25.4 Å². The summed E-state index contributed by atoms with van der Waals surface area (Å²) in [5.41, 5.74) is 8.66. The number of hydrogen-bond acceptors (Lipinski definition) is 5. The number of nitrogen functional groups attached to an aromatic ring is 1. The van der Waals surface area contributed by atoms with Gasteiger partial charge in [-0.1, -0.05) is 6.07 Å². The van der Waals surface area contributed by atoms with Crippen LogP contribution in [0.1, 0.15) is 27.9 Å². The number of rotatable bonds is 4. The predicted molar refractivity (Wildman–Crippen MR) is 91.8 cm³/mol. The molecule has 1 fully saturated rings. The third kappa shape index (κ3) is 3.12. The zero-order chi connectivity index (χ0) is 17.4. The zero-order valence-electron chi connectivity index (χ0n) is 14.2. The first-order chi connectivity index (χ1) is 12.1. The van der Waals surface area contributed by atoms with E-state index in [0.29, 0.717) is 37.7 Å². The Morgan fingerprint density at radius 1 is 1.36 bits per heavy atom. The van der Waals surface area contributed by atoms with E-state index in [2.05, 4.69) is 5.10 Å². The van der Waals surface area contributed by atoms with Gasteiger partial charge in [-0.2, -0.15) is 5.10 Å². The Morgan fingerprint density at radius 3 is 2.96 bits per heavy atom. The van der Waals surface area contributed by atoms with E-state index in [1.54, 1.807) is 17.9 Å². The maximum Gasteiger partial charge on any atom is 0.254 e. The summed E-state index contributed by atoms with van der Waals surface area (Å²) < 4.78 is 12.7. The molecule has 2 N–H and O–H groups in total. The molecule has 3 heterocycles. The van der Waals surface area contributed by atoms with Crippen LogP contribution in [0.15, 0.2) is 30.5 Å². The molecule has 0 spiro atoms. The first kappa shape index (κ1) is 16.1. The molecule has 0 radical (unpaired) electrons. The second-order valence-electron chi connectivity index (χ2n) is 6.64. The Hall–Kier alpha value is -2.38. The van der Waals surface area contributed by atoms with Crippen molar-refractivity contribution in [2.24, 2.45) is 0 Å². The number of carbonyl (C=O) groups is 1. The van der Waals surface area contributed by atoms with Crippen LogP contribution in [0.25, 0.3) is 0 Å². The van der Waals surface area contributed by atoms with Crippen molar-refractivity contribution in [1.82, 2.24) is 14.7 Å². The van der Waals surface area contributed by atoms with Crippen LogP contribution in [0, 0.1) is 0 Å². The second kappa shape index (κ2) is 6.50. The van der Waals surface area contributed by atoms with E-state index in [4.69, 9.17) is 15.2 Å². The Bertz CT molecular complexity index is 788. The number of nitrogens with two attached hydrogens (primary N) is 1. The summed E-state index contributed by atoms with van der Waals surface area (Å²) in [5.74, 6) is 0.511. The minimum absolute atomic E-state index is 0.0272. The molecule has 2 aliphatic rings. The van der Waals surface area contributed by atoms with Crippen LogP contribution in [0.3, 0.4) is 0 Å². The van der Waals surface area contributed by atoms with Gasteiger partial charge < -0.3 is 20.1 Å². The number of carbonyl (C=O) groups excluding carboxylic acids is 1. The Kier molecular flexibility index (Phi) is 4.19. The average molecular weight is 342 g/mol. The van der Waals surface area contributed by atoms with Gasteiger partial charge in [0.15, 0.2) is 0 Å². The molecule has 0 aliphatic carbocycles. The zero-order valence-corrected chi connectivity index (χ0v) is 14.2. The van der Waals surface area contributed by atoms with Gasteiger partial charge in [-0.05, 0) is 35.7 Å². The fourth-order valence-electron chi connectivity index (χ4n) is 3.63. The van der Waals surface area contributed by atoms with E-state index in [-0.39, 0.29) is 18.1 Å². The van der Waals surface area contributed by atoms with Crippen LogP contribution in [-0.2, 0) is 29.2 Å². The molecule has 2 atom stereocenters. The highest BCUT2D eigenvalue weighted by atomic mass is 16.5. The van der Waals surface area contributed by atoms with Gasteiger partial charge in [0.25, 0.3) is 5.91 Å². The summed E-state index contributed by atoms with van der Waals surface area (Å²) in [6, 6.07) is 7.62. The van der Waals surface area contributed by atoms with Crippen LogP contribution in [0.2, 0.25) is 0 Å². The molecule has 1 aromatic heterocycles. The molecule has 0 bridgehead atoms. The van der Waals surface area contributed by atoms with Crippen LogP contribution in [0.4, 0.5) is 5.82 Å². The molecule has 25 heavy (non-hydrogen) atoms. The van der Waals surface area contributed by atoms with Gasteiger partial charge in [0.1, 0.15) is 5.82 Å². The minimum atomic E-state index is 0.0272. The number of fused-ring (bicyclic) bond motifs is 1. The molecular weight excluding hydrogens is 320 g/mol. The van der Waals surface area contributed by atoms with E-state index in [9.17, 15) is 4.79 Å². The summed E-state index contributed by atoms with van der Waals surface area (Å²) in [5, 5.41) is 4.24. The smallest absolute Gasteiger partial charge is 0.254 e. The van der Waals surface area contributed by atoms with Crippen LogP contribution in [0.5, 0.6) is 0 Å². The van der Waals surface area contributed by atoms with E-state index in [1.807, 2.05) is 29.3 Å². The summed E-state index contributed by atoms with van der Waals surface area (Å²) in [6.45, 7) is 2.40. The first-order valence-corrected chi connectivity index (χ1v) is 8.46. The van der Waals surface area contributed by atoms with Crippen molar-refractivity contribution in [3.8, 4) is 0 Å². The van der Waals surface area contributed by atoms with Crippen molar-refractivity contribution in [2.75, 3.05) is 19.4 Å². The third-order valence-electron chi connectivity index (χ3n) is 5.00. The highest BCUT2D eigenvalue weighted by Gasteiger charge is 2.36. The lowest BCUT2D eigenvalue weighted by atomic mass is 10.1. The number of amides is 1. The third-order valence-corrected chi connectivity index (χ3v) is 5.00. The van der Waals surface area contributed by atoms with Crippen LogP contribution < -0.4 is 5.73 Å². The molecule has 1 amide bonds. The van der Waals surface area contributed by atoms with E-state index < -0.39 is 0 Å². The molecule has 0 saturated carbocycles. The van der Waals surface area contributed by atoms with Crippen molar-refractivity contribution in [1.29, 1.82) is 0 Å². The van der Waals surface area contributed by atoms with Crippen molar-refractivity contribution >= 4 is 11.7 Å². The topological polar surface area (TPSA) is 82.6 Å². The lowest BCUT2D eigenvalue weighted by Crippen LogP contribution is -2.38. The number of nitrogens with zero attached hydrogens (tertiary/aromatic N) is 3. The van der Waals surface area contributed by atoms with Crippen LogP contribution >= 0.6 is 0 Å². The number of likely N-dealkylation sites (tertiary alicyclic amines) is 1. The fourth-order valence-corrected chi connectivity index (χ4v) is 3.63. The van der Waals surface area contributed by atoms with Gasteiger partial charge in [-0.25, -0.2) is 0 Å². The fraction of sp³-hybridized carbons (Fsp3) is 0.444. The predicted octanol–water partition coefficient (Wildman–Crippen LogP) is 1.43. The average Bonchev–Trinajstić information content (AvgIpc) is 3.33. The Labute approximate surface area is 146 Å². The monoisotopic (exact) mass is 342 g/mol. The van der Waals surface area contributed by atoms with E-state index in [0.717, 1.165) is 17.5 Å². The lowest BCUT2D eigenvalue weighted by molar-refractivity contribution is 0.0678. The Balaban J connectivity index is 1.56. The minimum Gasteiger partial charge on any atom is -0.382 e. The van der Waals surface area contributed by atoms with E-state index in [1.165, 1.54) is 0 Å². The second-order valence-corrected chi connectivity index (χ2v) is 6.64. The molecule has 1 saturated heterocycles. The van der Waals surface area contributed by atoms with Gasteiger partial charge in [0.2, 0.25) is 0 Å². The molecule has 7 nitrogen and oxygen atoms in total. The molecule has 0 unspecified atom stereocenters. The highest BCUT2D eigenvalue weighted by Crippen LogP contribution is 2.26. The Morgan fingerprint density at radius 2 is 2.20 bits per heavy atom. The lowest BCUT2D eigenvalue weighted by Gasteiger charge is -2.24. The normalized spacial score (nSPS) is 22.4.